The number of benzene rings is 2. The first kappa shape index (κ1) is 26.8. The minimum absolute atomic E-state index is 0.0718. The van der Waals surface area contributed by atoms with E-state index in [1.807, 2.05) is 47.5 Å². The molecule has 0 saturated carbocycles. The number of hydrazine groups is 1. The maximum Gasteiger partial charge on any atom is 0.345 e. The number of aryl methyl sites for hydroxylation is 1. The number of carbonyl (C=O) groups is 2. The van der Waals surface area contributed by atoms with Crippen molar-refractivity contribution in [3.8, 4) is 17.6 Å². The summed E-state index contributed by atoms with van der Waals surface area (Å²) in [6.45, 7) is 2.23. The molecule has 1 aromatic heterocycles. The number of carboxylic acid groups (broad SMARTS) is 1. The van der Waals surface area contributed by atoms with E-state index < -0.39 is 5.97 Å². The molecule has 1 aliphatic rings. The summed E-state index contributed by atoms with van der Waals surface area (Å²) in [5.41, 5.74) is 3.10. The third kappa shape index (κ3) is 7.62. The van der Waals surface area contributed by atoms with Crippen molar-refractivity contribution >= 4 is 34.3 Å². The van der Waals surface area contributed by atoms with Gasteiger partial charge >= 0.3 is 5.97 Å². The summed E-state index contributed by atoms with van der Waals surface area (Å²) in [7, 11) is 1.65. The summed E-state index contributed by atoms with van der Waals surface area (Å²) in [5, 5.41) is 13.2. The van der Waals surface area contributed by atoms with Crippen molar-refractivity contribution in [1.82, 2.24) is 10.0 Å². The molecule has 3 aromatic rings. The Morgan fingerprint density at radius 3 is 2.70 bits per heavy atom. The number of unbranched alkanes of at least 4 members (excludes halogenated alkanes) is 1. The number of amides is 1. The fourth-order valence-corrected chi connectivity index (χ4v) is 5.84. The number of ether oxygens (including phenoxy) is 1. The average molecular weight is 535 g/mol. The zero-order chi connectivity index (χ0) is 26.0. The summed E-state index contributed by atoms with van der Waals surface area (Å²) in [6.07, 6.45) is 3.60. The molecule has 1 N–H and O–H groups in total. The molecule has 6 nitrogen and oxygen atoms in total. The Bertz CT molecular complexity index is 1290. The Morgan fingerprint density at radius 2 is 1.89 bits per heavy atom. The molecule has 1 saturated heterocycles. The molecule has 0 unspecified atom stereocenters. The van der Waals surface area contributed by atoms with Gasteiger partial charge in [-0.2, -0.15) is 0 Å². The molecule has 37 heavy (non-hydrogen) atoms. The lowest BCUT2D eigenvalue weighted by molar-refractivity contribution is 0.0270. The second-order valence-corrected chi connectivity index (χ2v) is 10.8. The minimum Gasteiger partial charge on any atom is -0.495 e. The number of para-hydroxylation sites is 1. The van der Waals surface area contributed by atoms with Crippen LogP contribution >= 0.6 is 23.1 Å². The van der Waals surface area contributed by atoms with Gasteiger partial charge < -0.3 is 9.84 Å². The normalized spacial score (nSPS) is 13.8. The van der Waals surface area contributed by atoms with Crippen molar-refractivity contribution in [2.75, 3.05) is 32.5 Å². The van der Waals surface area contributed by atoms with Crippen LogP contribution in [-0.4, -0.2) is 58.8 Å². The molecule has 0 atom stereocenters. The van der Waals surface area contributed by atoms with Crippen LogP contribution in [0.2, 0.25) is 0 Å². The zero-order valence-electron chi connectivity index (χ0n) is 20.8. The van der Waals surface area contributed by atoms with Crippen LogP contribution in [0.5, 0.6) is 5.75 Å². The van der Waals surface area contributed by atoms with E-state index in [0.717, 1.165) is 59.9 Å². The van der Waals surface area contributed by atoms with Gasteiger partial charge in [0.1, 0.15) is 10.6 Å². The third-order valence-electron chi connectivity index (χ3n) is 6.08. The monoisotopic (exact) mass is 534 g/mol. The van der Waals surface area contributed by atoms with Crippen LogP contribution in [0.1, 0.15) is 44.1 Å². The quantitative estimate of drug-likeness (QED) is 0.262. The maximum absolute atomic E-state index is 12.6. The molecule has 1 fully saturated rings. The highest BCUT2D eigenvalue weighted by Gasteiger charge is 2.26. The lowest BCUT2D eigenvalue weighted by Crippen LogP contribution is -2.50. The Labute approximate surface area is 226 Å². The van der Waals surface area contributed by atoms with Crippen molar-refractivity contribution in [2.24, 2.45) is 0 Å². The van der Waals surface area contributed by atoms with E-state index in [2.05, 4.69) is 29.0 Å². The molecule has 4 rings (SSSR count). The van der Waals surface area contributed by atoms with Crippen LogP contribution < -0.4 is 4.74 Å². The van der Waals surface area contributed by atoms with E-state index in [0.29, 0.717) is 17.8 Å². The number of carbonyl (C=O) groups excluding carboxylic acids is 1. The number of aromatic carboxylic acids is 1. The SMILES string of the molecule is COc1ccccc1C#Cc1cccc(CCCCN2CCSC(=O)N2CCc2ccc(C(=O)O)s2)c1. The summed E-state index contributed by atoms with van der Waals surface area (Å²) >= 11 is 2.63. The predicted molar refractivity (Wildman–Crippen MR) is 149 cm³/mol. The highest BCUT2D eigenvalue weighted by molar-refractivity contribution is 8.13. The van der Waals surface area contributed by atoms with Crippen molar-refractivity contribution in [3.63, 3.8) is 0 Å². The molecular weight excluding hydrogens is 504 g/mol. The molecule has 8 heteroatoms. The molecule has 0 aliphatic carbocycles. The zero-order valence-corrected chi connectivity index (χ0v) is 22.4. The highest BCUT2D eigenvalue weighted by Crippen LogP contribution is 2.22. The number of methoxy groups -OCH3 is 1. The van der Waals surface area contributed by atoms with Gasteiger partial charge in [0, 0.05) is 42.2 Å². The number of nitrogens with zero attached hydrogens (tertiary/aromatic N) is 2. The van der Waals surface area contributed by atoms with Crippen LogP contribution in [0, 0.1) is 11.8 Å². The first-order chi connectivity index (χ1) is 18.0. The Kier molecular flexibility index (Phi) is 9.66. The number of thiophene rings is 1. The molecular formula is C29H30N2O4S2. The van der Waals surface area contributed by atoms with E-state index in [-0.39, 0.29) is 5.24 Å². The molecule has 192 valence electrons. The van der Waals surface area contributed by atoms with Gasteiger partial charge in [0.15, 0.2) is 0 Å². The standard InChI is InChI=1S/C29H30N2O4S2/c1-35-26-11-3-2-10-24(26)13-12-23-9-6-8-22(21-23)7-4-5-17-30-19-20-36-29(34)31(30)18-16-25-14-15-27(37-25)28(32)33/h2-3,6,8-11,14-15,21H,4-5,7,16-20H2,1H3,(H,32,33). The van der Waals surface area contributed by atoms with Gasteiger partial charge in [-0.05, 0) is 61.2 Å². The lowest BCUT2D eigenvalue weighted by atomic mass is 10.0. The van der Waals surface area contributed by atoms with E-state index >= 15 is 0 Å². The summed E-state index contributed by atoms with van der Waals surface area (Å²) in [4.78, 5) is 25.0. The molecule has 0 bridgehead atoms. The molecule has 2 heterocycles. The van der Waals surface area contributed by atoms with Crippen LogP contribution in [0.4, 0.5) is 4.79 Å². The fourth-order valence-electron chi connectivity index (χ4n) is 4.17. The van der Waals surface area contributed by atoms with E-state index in [4.69, 9.17) is 9.84 Å². The molecule has 0 radical (unpaired) electrons. The molecule has 1 aliphatic heterocycles. The highest BCUT2D eigenvalue weighted by atomic mass is 32.2. The van der Waals surface area contributed by atoms with Gasteiger partial charge in [0.25, 0.3) is 5.24 Å². The number of hydrogen-bond donors (Lipinski definition) is 1. The summed E-state index contributed by atoms with van der Waals surface area (Å²) < 4.78 is 5.38. The van der Waals surface area contributed by atoms with Crippen LogP contribution in [0.25, 0.3) is 0 Å². The largest absolute Gasteiger partial charge is 0.495 e. The van der Waals surface area contributed by atoms with Gasteiger partial charge in [-0.1, -0.05) is 47.9 Å². The van der Waals surface area contributed by atoms with Gasteiger partial charge in [0.2, 0.25) is 0 Å². The van der Waals surface area contributed by atoms with Crippen molar-refractivity contribution in [1.29, 1.82) is 0 Å². The second kappa shape index (κ2) is 13.3. The first-order valence-corrected chi connectivity index (χ1v) is 14.1. The predicted octanol–water partition coefficient (Wildman–Crippen LogP) is 5.81. The van der Waals surface area contributed by atoms with Gasteiger partial charge in [-0.25, -0.2) is 9.80 Å². The van der Waals surface area contributed by atoms with Gasteiger partial charge in [0.05, 0.1) is 12.7 Å². The Balaban J connectivity index is 1.28. The third-order valence-corrected chi connectivity index (χ3v) is 8.05. The average Bonchev–Trinajstić information content (AvgIpc) is 3.39. The number of hydrogen-bond acceptors (Lipinski definition) is 6. The van der Waals surface area contributed by atoms with Crippen LogP contribution in [-0.2, 0) is 12.8 Å². The fraction of sp³-hybridized carbons (Fsp3) is 0.310. The first-order valence-electron chi connectivity index (χ1n) is 12.3. The molecule has 0 spiro atoms. The van der Waals surface area contributed by atoms with Gasteiger partial charge in [-0.3, -0.25) is 9.80 Å². The van der Waals surface area contributed by atoms with Crippen molar-refractivity contribution in [2.45, 2.75) is 25.7 Å². The lowest BCUT2D eigenvalue weighted by Gasteiger charge is -2.38. The van der Waals surface area contributed by atoms with Crippen LogP contribution in [0.3, 0.4) is 0 Å². The van der Waals surface area contributed by atoms with E-state index in [1.165, 1.54) is 28.7 Å². The van der Waals surface area contributed by atoms with Crippen molar-refractivity contribution < 1.29 is 19.4 Å². The van der Waals surface area contributed by atoms with Crippen molar-refractivity contribution in [3.05, 3.63) is 87.1 Å². The smallest absolute Gasteiger partial charge is 0.345 e. The molecule has 2 aromatic carbocycles. The number of carboxylic acids is 1. The second-order valence-electron chi connectivity index (χ2n) is 8.62. The van der Waals surface area contributed by atoms with E-state index in [1.54, 1.807) is 13.2 Å². The maximum atomic E-state index is 12.6. The Hall–Kier alpha value is -3.25. The molecule has 1 amide bonds. The van der Waals surface area contributed by atoms with Crippen LogP contribution in [0.15, 0.2) is 60.7 Å². The summed E-state index contributed by atoms with van der Waals surface area (Å²) in [5.74, 6) is 7.12. The topological polar surface area (TPSA) is 70.1 Å². The van der Waals surface area contributed by atoms with E-state index in [9.17, 15) is 9.59 Å². The minimum atomic E-state index is -0.906. The number of thioether (sulfide) groups is 1. The van der Waals surface area contributed by atoms with Gasteiger partial charge in [-0.15, -0.1) is 11.3 Å². The Morgan fingerprint density at radius 1 is 1.03 bits per heavy atom. The number of rotatable bonds is 10. The summed E-state index contributed by atoms with van der Waals surface area (Å²) in [6, 6.07) is 19.6.